The number of hydrogen-bond acceptors (Lipinski definition) is 3. The Hall–Kier alpha value is -1.48. The lowest BCUT2D eigenvalue weighted by atomic mass is 9.98. The molecule has 0 saturated heterocycles. The van der Waals surface area contributed by atoms with E-state index in [4.69, 9.17) is 4.74 Å². The molecule has 0 spiro atoms. The van der Waals surface area contributed by atoms with Gasteiger partial charge in [0.05, 0.1) is 6.04 Å². The second-order valence-corrected chi connectivity index (χ2v) is 3.19. The van der Waals surface area contributed by atoms with Crippen molar-refractivity contribution in [2.45, 2.75) is 6.04 Å². The van der Waals surface area contributed by atoms with Crippen molar-refractivity contribution in [1.29, 1.82) is 0 Å². The van der Waals surface area contributed by atoms with Crippen molar-refractivity contribution in [2.75, 3.05) is 6.61 Å². The molecule has 0 amide bonds. The van der Waals surface area contributed by atoms with Gasteiger partial charge in [0.1, 0.15) is 12.4 Å². The van der Waals surface area contributed by atoms with Crippen LogP contribution < -0.4 is 15.6 Å². The van der Waals surface area contributed by atoms with E-state index in [1.807, 2.05) is 24.4 Å². The van der Waals surface area contributed by atoms with E-state index in [1.54, 1.807) is 0 Å². The van der Waals surface area contributed by atoms with Crippen LogP contribution in [0.25, 0.3) is 0 Å². The van der Waals surface area contributed by atoms with Crippen LogP contribution in [-0.2, 0) is 0 Å². The molecule has 3 rings (SSSR count). The molecule has 2 aliphatic rings. The Balaban J connectivity index is 2.12. The van der Waals surface area contributed by atoms with E-state index in [9.17, 15) is 0 Å². The Kier molecular flexibility index (Phi) is 1.34. The van der Waals surface area contributed by atoms with Gasteiger partial charge >= 0.3 is 0 Å². The van der Waals surface area contributed by atoms with Gasteiger partial charge in [0.15, 0.2) is 0 Å². The number of hydrogen-bond donors (Lipinski definition) is 2. The molecule has 0 fully saturated rings. The van der Waals surface area contributed by atoms with Gasteiger partial charge < -0.3 is 10.2 Å². The second kappa shape index (κ2) is 2.50. The van der Waals surface area contributed by atoms with Crippen LogP contribution in [0.2, 0.25) is 0 Å². The van der Waals surface area contributed by atoms with Gasteiger partial charge in [-0.15, -0.1) is 0 Å². The fourth-order valence-electron chi connectivity index (χ4n) is 1.74. The first kappa shape index (κ1) is 6.97. The van der Waals surface area contributed by atoms with Crippen LogP contribution in [-0.4, -0.2) is 6.61 Å². The Bertz CT molecular complexity index is 373. The van der Waals surface area contributed by atoms with E-state index >= 15 is 0 Å². The molecule has 0 bridgehead atoms. The third kappa shape index (κ3) is 0.939. The molecule has 1 atom stereocenters. The van der Waals surface area contributed by atoms with E-state index in [2.05, 4.69) is 16.9 Å². The summed E-state index contributed by atoms with van der Waals surface area (Å²) in [5.74, 6) is 0.956. The predicted molar refractivity (Wildman–Crippen MR) is 47.9 cm³/mol. The van der Waals surface area contributed by atoms with Crippen LogP contribution in [0.5, 0.6) is 5.75 Å². The van der Waals surface area contributed by atoms with Gasteiger partial charge in [0, 0.05) is 17.3 Å². The molecule has 1 radical (unpaired) electrons. The molecule has 1 unspecified atom stereocenters. The maximum Gasteiger partial charge on any atom is 0.125 e. The average Bonchev–Trinajstić information content (AvgIpc) is 2.65. The Morgan fingerprint density at radius 2 is 2.54 bits per heavy atom. The number of rotatable bonds is 0. The second-order valence-electron chi connectivity index (χ2n) is 3.19. The van der Waals surface area contributed by atoms with Gasteiger partial charge in [-0.2, -0.15) is 0 Å². The van der Waals surface area contributed by atoms with Crippen LogP contribution in [0, 0.1) is 6.07 Å². The van der Waals surface area contributed by atoms with Gasteiger partial charge in [0.25, 0.3) is 0 Å². The summed E-state index contributed by atoms with van der Waals surface area (Å²) in [5, 5.41) is 0. The zero-order chi connectivity index (χ0) is 8.67. The van der Waals surface area contributed by atoms with E-state index in [-0.39, 0.29) is 6.04 Å². The number of nitrogens with one attached hydrogen (secondary N) is 2. The van der Waals surface area contributed by atoms with Crippen LogP contribution in [0.4, 0.5) is 0 Å². The first-order valence-corrected chi connectivity index (χ1v) is 4.28. The maximum atomic E-state index is 5.57. The number of fused-ring (bicyclic) bond motifs is 3. The van der Waals surface area contributed by atoms with Crippen molar-refractivity contribution in [3.63, 3.8) is 0 Å². The van der Waals surface area contributed by atoms with Gasteiger partial charge in [-0.1, -0.05) is 6.07 Å². The number of hydrazine groups is 1. The lowest BCUT2D eigenvalue weighted by Crippen LogP contribution is -2.28. The minimum atomic E-state index is 0.265. The van der Waals surface area contributed by atoms with E-state index < -0.39 is 0 Å². The summed E-state index contributed by atoms with van der Waals surface area (Å²) >= 11 is 0. The third-order valence-corrected chi connectivity index (χ3v) is 2.42. The SMILES string of the molecule is [c]1ccc2c(c1)C1NNC=C1CO2. The van der Waals surface area contributed by atoms with Crippen molar-refractivity contribution in [1.82, 2.24) is 10.9 Å². The molecule has 13 heavy (non-hydrogen) atoms. The Labute approximate surface area is 76.4 Å². The highest BCUT2D eigenvalue weighted by Crippen LogP contribution is 2.35. The van der Waals surface area contributed by atoms with Crippen LogP contribution in [0.15, 0.2) is 30.0 Å². The molecule has 2 heterocycles. The summed E-state index contributed by atoms with van der Waals surface area (Å²) in [5.41, 5.74) is 8.57. The molecular formula is C10H9N2O. The molecule has 0 saturated carbocycles. The normalized spacial score (nSPS) is 23.7. The Morgan fingerprint density at radius 3 is 3.54 bits per heavy atom. The lowest BCUT2D eigenvalue weighted by molar-refractivity contribution is 0.314. The molecular weight excluding hydrogens is 164 g/mol. The van der Waals surface area contributed by atoms with Gasteiger partial charge in [-0.3, -0.25) is 0 Å². The lowest BCUT2D eigenvalue weighted by Gasteiger charge is -2.24. The van der Waals surface area contributed by atoms with E-state index in [0.717, 1.165) is 11.3 Å². The van der Waals surface area contributed by atoms with E-state index in [1.165, 1.54) is 5.57 Å². The summed E-state index contributed by atoms with van der Waals surface area (Å²) in [6, 6.07) is 9.11. The van der Waals surface area contributed by atoms with Crippen molar-refractivity contribution in [2.24, 2.45) is 0 Å². The molecule has 2 N–H and O–H groups in total. The van der Waals surface area contributed by atoms with E-state index in [0.29, 0.717) is 6.61 Å². The summed E-state index contributed by atoms with van der Waals surface area (Å²) in [7, 11) is 0. The molecule has 1 aromatic carbocycles. The number of benzene rings is 1. The van der Waals surface area contributed by atoms with Gasteiger partial charge in [-0.05, 0) is 18.2 Å². The first-order valence-electron chi connectivity index (χ1n) is 4.28. The van der Waals surface area contributed by atoms with Crippen molar-refractivity contribution >= 4 is 0 Å². The minimum absolute atomic E-state index is 0.265. The zero-order valence-electron chi connectivity index (χ0n) is 7.00. The molecule has 0 aliphatic carbocycles. The monoisotopic (exact) mass is 173 g/mol. The summed E-state index contributed by atoms with van der Waals surface area (Å²) in [4.78, 5) is 0. The van der Waals surface area contributed by atoms with Crippen LogP contribution >= 0.6 is 0 Å². The molecule has 1 aromatic rings. The molecule has 3 heteroatoms. The molecule has 0 aromatic heterocycles. The largest absolute Gasteiger partial charge is 0.489 e. The highest BCUT2D eigenvalue weighted by atomic mass is 16.5. The highest BCUT2D eigenvalue weighted by molar-refractivity contribution is 5.44. The quantitative estimate of drug-likeness (QED) is 0.612. The summed E-state index contributed by atoms with van der Waals surface area (Å²) in [6.45, 7) is 0.668. The highest BCUT2D eigenvalue weighted by Gasteiger charge is 2.27. The average molecular weight is 173 g/mol. The minimum Gasteiger partial charge on any atom is -0.489 e. The van der Waals surface area contributed by atoms with Crippen LogP contribution in [0.3, 0.4) is 0 Å². The predicted octanol–water partition coefficient (Wildman–Crippen LogP) is 0.912. The van der Waals surface area contributed by atoms with Crippen molar-refractivity contribution in [3.05, 3.63) is 41.6 Å². The Morgan fingerprint density at radius 1 is 1.54 bits per heavy atom. The smallest absolute Gasteiger partial charge is 0.125 e. The van der Waals surface area contributed by atoms with Gasteiger partial charge in [0.2, 0.25) is 0 Å². The fourth-order valence-corrected chi connectivity index (χ4v) is 1.74. The van der Waals surface area contributed by atoms with Gasteiger partial charge in [-0.25, -0.2) is 5.43 Å². The molecule has 2 aliphatic heterocycles. The zero-order valence-corrected chi connectivity index (χ0v) is 7.00. The number of ether oxygens (including phenoxy) is 1. The third-order valence-electron chi connectivity index (χ3n) is 2.42. The standard InChI is InChI=1S/C10H9N2O/c1-2-4-9-8(3-1)10-7(6-13-9)5-11-12-10/h2-5,10-12H,6H2. The van der Waals surface area contributed by atoms with Crippen molar-refractivity contribution < 1.29 is 4.74 Å². The van der Waals surface area contributed by atoms with Crippen molar-refractivity contribution in [3.8, 4) is 5.75 Å². The topological polar surface area (TPSA) is 33.3 Å². The maximum absolute atomic E-state index is 5.57. The molecule has 3 nitrogen and oxygen atoms in total. The summed E-state index contributed by atoms with van der Waals surface area (Å²) in [6.07, 6.45) is 1.96. The summed E-state index contributed by atoms with van der Waals surface area (Å²) < 4.78 is 5.57. The first-order chi connectivity index (χ1) is 6.45. The fraction of sp³-hybridized carbons (Fsp3) is 0.200. The molecule has 65 valence electrons. The van der Waals surface area contributed by atoms with Crippen LogP contribution in [0.1, 0.15) is 11.6 Å².